The molecule has 28 heavy (non-hydrogen) atoms. The molecule has 4 heteroatoms. The maximum Gasteiger partial charge on any atom is 0.274 e. The predicted molar refractivity (Wildman–Crippen MR) is 112 cm³/mol. The van der Waals surface area contributed by atoms with Crippen LogP contribution < -0.4 is 5.56 Å². The number of ether oxygens (including phenoxy) is 1. The molecule has 3 aromatic carbocycles. The van der Waals surface area contributed by atoms with E-state index in [-0.39, 0.29) is 5.56 Å². The second-order valence-electron chi connectivity index (χ2n) is 6.68. The van der Waals surface area contributed by atoms with E-state index in [9.17, 15) is 4.79 Å². The van der Waals surface area contributed by atoms with E-state index in [2.05, 4.69) is 5.10 Å². The van der Waals surface area contributed by atoms with Gasteiger partial charge in [0, 0.05) is 24.1 Å². The molecule has 0 radical (unpaired) electrons. The van der Waals surface area contributed by atoms with Crippen LogP contribution in [0.1, 0.15) is 12.0 Å². The Morgan fingerprint density at radius 1 is 0.786 bits per heavy atom. The van der Waals surface area contributed by atoms with Gasteiger partial charge in [0.25, 0.3) is 5.56 Å². The van der Waals surface area contributed by atoms with Crippen molar-refractivity contribution in [2.75, 3.05) is 6.61 Å². The highest BCUT2D eigenvalue weighted by molar-refractivity contribution is 5.93. The standard InChI is InChI=1S/C24H22N2O2/c27-24-22-15-8-7-14-21(22)23(20-12-5-2-6-13-20)25-26(24)16-9-17-28-18-19-10-3-1-4-11-19/h1-8,10-15H,9,16-18H2. The molecule has 4 aromatic rings. The van der Waals surface area contributed by atoms with Gasteiger partial charge in [0.2, 0.25) is 0 Å². The topological polar surface area (TPSA) is 44.1 Å². The van der Waals surface area contributed by atoms with E-state index in [0.717, 1.165) is 28.6 Å². The van der Waals surface area contributed by atoms with E-state index in [1.165, 1.54) is 0 Å². The summed E-state index contributed by atoms with van der Waals surface area (Å²) in [5.74, 6) is 0. The Morgan fingerprint density at radius 3 is 2.18 bits per heavy atom. The van der Waals surface area contributed by atoms with Gasteiger partial charge in [-0.3, -0.25) is 4.79 Å². The van der Waals surface area contributed by atoms with Gasteiger partial charge in [-0.1, -0.05) is 78.9 Å². The van der Waals surface area contributed by atoms with E-state index in [1.54, 1.807) is 4.68 Å². The van der Waals surface area contributed by atoms with Gasteiger partial charge in [-0.2, -0.15) is 5.10 Å². The lowest BCUT2D eigenvalue weighted by molar-refractivity contribution is 0.114. The Bertz CT molecular complexity index is 1110. The molecule has 0 amide bonds. The molecule has 4 nitrogen and oxygen atoms in total. The van der Waals surface area contributed by atoms with Crippen molar-refractivity contribution in [3.63, 3.8) is 0 Å². The SMILES string of the molecule is O=c1c2ccccc2c(-c2ccccc2)nn1CCCOCc1ccccc1. The van der Waals surface area contributed by atoms with Crippen molar-refractivity contribution in [3.8, 4) is 11.3 Å². The molecule has 0 atom stereocenters. The second kappa shape index (κ2) is 8.63. The summed E-state index contributed by atoms with van der Waals surface area (Å²) in [7, 11) is 0. The van der Waals surface area contributed by atoms with Crippen LogP contribution in [0, 0.1) is 0 Å². The highest BCUT2D eigenvalue weighted by Gasteiger charge is 2.11. The van der Waals surface area contributed by atoms with Crippen LogP contribution in [0.2, 0.25) is 0 Å². The van der Waals surface area contributed by atoms with Crippen molar-refractivity contribution in [3.05, 3.63) is 101 Å². The van der Waals surface area contributed by atoms with Crippen molar-refractivity contribution in [1.82, 2.24) is 9.78 Å². The molecule has 0 aliphatic rings. The molecule has 0 unspecified atom stereocenters. The van der Waals surface area contributed by atoms with Gasteiger partial charge in [-0.05, 0) is 18.1 Å². The van der Waals surface area contributed by atoms with Crippen LogP contribution in [0.3, 0.4) is 0 Å². The lowest BCUT2D eigenvalue weighted by atomic mass is 10.1. The maximum absolute atomic E-state index is 12.9. The summed E-state index contributed by atoms with van der Waals surface area (Å²) in [6.07, 6.45) is 0.728. The molecule has 0 aliphatic carbocycles. The van der Waals surface area contributed by atoms with Crippen LogP contribution in [-0.2, 0) is 17.9 Å². The number of benzene rings is 3. The Hall–Kier alpha value is -3.24. The predicted octanol–water partition coefficient (Wildman–Crippen LogP) is 4.67. The Labute approximate surface area is 164 Å². The maximum atomic E-state index is 12.9. The van der Waals surface area contributed by atoms with Crippen LogP contribution >= 0.6 is 0 Å². The summed E-state index contributed by atoms with van der Waals surface area (Å²) in [5.41, 5.74) is 2.93. The average Bonchev–Trinajstić information content (AvgIpc) is 2.76. The summed E-state index contributed by atoms with van der Waals surface area (Å²) in [4.78, 5) is 12.9. The molecule has 0 bridgehead atoms. The molecule has 0 saturated heterocycles. The third kappa shape index (κ3) is 4.02. The molecular formula is C24H22N2O2. The van der Waals surface area contributed by atoms with Gasteiger partial charge in [0.1, 0.15) is 0 Å². The fourth-order valence-corrected chi connectivity index (χ4v) is 3.28. The van der Waals surface area contributed by atoms with Crippen molar-refractivity contribution in [2.24, 2.45) is 0 Å². The van der Waals surface area contributed by atoms with Crippen LogP contribution in [-0.4, -0.2) is 16.4 Å². The van der Waals surface area contributed by atoms with Gasteiger partial charge in [-0.25, -0.2) is 4.68 Å². The highest BCUT2D eigenvalue weighted by Crippen LogP contribution is 2.24. The van der Waals surface area contributed by atoms with E-state index in [4.69, 9.17) is 4.74 Å². The normalized spacial score (nSPS) is 11.0. The van der Waals surface area contributed by atoms with E-state index < -0.39 is 0 Å². The number of nitrogens with zero attached hydrogens (tertiary/aromatic N) is 2. The molecular weight excluding hydrogens is 348 g/mol. The summed E-state index contributed by atoms with van der Waals surface area (Å²) < 4.78 is 7.31. The van der Waals surface area contributed by atoms with Gasteiger partial charge in [-0.15, -0.1) is 0 Å². The number of rotatable bonds is 7. The minimum atomic E-state index is -0.0571. The molecule has 140 valence electrons. The van der Waals surface area contributed by atoms with Gasteiger partial charge in [0.05, 0.1) is 17.7 Å². The van der Waals surface area contributed by atoms with Gasteiger partial charge >= 0.3 is 0 Å². The van der Waals surface area contributed by atoms with Crippen molar-refractivity contribution < 1.29 is 4.74 Å². The summed E-state index contributed by atoms with van der Waals surface area (Å²) in [5, 5.41) is 6.26. The molecule has 0 saturated carbocycles. The largest absolute Gasteiger partial charge is 0.377 e. The minimum absolute atomic E-state index is 0.0571. The van der Waals surface area contributed by atoms with Gasteiger partial charge < -0.3 is 4.74 Å². The first kappa shape index (κ1) is 18.1. The second-order valence-corrected chi connectivity index (χ2v) is 6.68. The molecule has 1 heterocycles. The number of aryl methyl sites for hydroxylation is 1. The molecule has 0 fully saturated rings. The first-order valence-corrected chi connectivity index (χ1v) is 9.50. The third-order valence-corrected chi connectivity index (χ3v) is 4.69. The quantitative estimate of drug-likeness (QED) is 0.444. The van der Waals surface area contributed by atoms with E-state index in [0.29, 0.717) is 25.1 Å². The number of aromatic nitrogens is 2. The average molecular weight is 370 g/mol. The van der Waals surface area contributed by atoms with Crippen molar-refractivity contribution >= 4 is 10.8 Å². The lowest BCUT2D eigenvalue weighted by Gasteiger charge is -2.11. The zero-order chi connectivity index (χ0) is 19.2. The monoisotopic (exact) mass is 370 g/mol. The zero-order valence-electron chi connectivity index (χ0n) is 15.6. The molecule has 0 aliphatic heterocycles. The smallest absolute Gasteiger partial charge is 0.274 e. The zero-order valence-corrected chi connectivity index (χ0v) is 15.6. The minimum Gasteiger partial charge on any atom is -0.377 e. The molecule has 0 N–H and O–H groups in total. The number of fused-ring (bicyclic) bond motifs is 1. The fraction of sp³-hybridized carbons (Fsp3) is 0.167. The number of hydrogen-bond acceptors (Lipinski definition) is 3. The summed E-state index contributed by atoms with van der Waals surface area (Å²) in [6, 6.07) is 27.7. The molecule has 1 aromatic heterocycles. The first-order chi connectivity index (χ1) is 13.8. The number of hydrogen-bond donors (Lipinski definition) is 0. The molecule has 0 spiro atoms. The first-order valence-electron chi connectivity index (χ1n) is 9.50. The van der Waals surface area contributed by atoms with Crippen LogP contribution in [0.5, 0.6) is 0 Å². The Balaban J connectivity index is 1.52. The fourth-order valence-electron chi connectivity index (χ4n) is 3.28. The van der Waals surface area contributed by atoms with Crippen LogP contribution in [0.15, 0.2) is 89.7 Å². The summed E-state index contributed by atoms with van der Waals surface area (Å²) >= 11 is 0. The van der Waals surface area contributed by atoms with Crippen molar-refractivity contribution in [2.45, 2.75) is 19.6 Å². The lowest BCUT2D eigenvalue weighted by Crippen LogP contribution is -2.24. The van der Waals surface area contributed by atoms with Gasteiger partial charge in [0.15, 0.2) is 0 Å². The third-order valence-electron chi connectivity index (χ3n) is 4.69. The Kier molecular flexibility index (Phi) is 5.59. The highest BCUT2D eigenvalue weighted by atomic mass is 16.5. The van der Waals surface area contributed by atoms with Crippen LogP contribution in [0.4, 0.5) is 0 Å². The van der Waals surface area contributed by atoms with Crippen LogP contribution in [0.25, 0.3) is 22.0 Å². The van der Waals surface area contributed by atoms with E-state index in [1.807, 2.05) is 84.9 Å². The molecule has 4 rings (SSSR count). The summed E-state index contributed by atoms with van der Waals surface area (Å²) in [6.45, 7) is 1.69. The Morgan fingerprint density at radius 2 is 1.43 bits per heavy atom. The van der Waals surface area contributed by atoms with Crippen molar-refractivity contribution in [1.29, 1.82) is 0 Å². The van der Waals surface area contributed by atoms with E-state index >= 15 is 0 Å².